The average Bonchev–Trinajstić information content (AvgIpc) is 1.63. The van der Waals surface area contributed by atoms with Crippen LogP contribution in [0.2, 0.25) is 0 Å². The molecule has 0 saturated carbocycles. The van der Waals surface area contributed by atoms with Crippen molar-refractivity contribution in [1.29, 1.82) is 0 Å². The molecule has 5 nitrogen and oxygen atoms in total. The number of aliphatic hydroxyl groups excluding tert-OH is 1. The molecular formula is C5H8CaNaO5+. The van der Waals surface area contributed by atoms with Crippen molar-refractivity contribution >= 4 is 49.7 Å². The van der Waals surface area contributed by atoms with E-state index < -0.39 is 18.0 Å². The molecule has 1 unspecified atom stereocenters. The van der Waals surface area contributed by atoms with Crippen molar-refractivity contribution in [2.24, 2.45) is 0 Å². The summed E-state index contributed by atoms with van der Waals surface area (Å²) in [6.07, 6.45) is -1.34. The number of carboxylic acids is 2. The topological polar surface area (TPSA) is 100 Å². The van der Waals surface area contributed by atoms with E-state index in [0.717, 1.165) is 13.8 Å². The number of hydrogen-bond donors (Lipinski definition) is 1. The van der Waals surface area contributed by atoms with Crippen LogP contribution in [0.15, 0.2) is 0 Å². The molecule has 0 bridgehead atoms. The van der Waals surface area contributed by atoms with E-state index in [2.05, 4.69) is 0 Å². The van der Waals surface area contributed by atoms with Gasteiger partial charge in [-0.25, -0.2) is 0 Å². The first kappa shape index (κ1) is 23.2. The van der Waals surface area contributed by atoms with Crippen LogP contribution in [-0.4, -0.2) is 60.9 Å². The van der Waals surface area contributed by atoms with Crippen LogP contribution in [0.25, 0.3) is 0 Å². The zero-order valence-electron chi connectivity index (χ0n) is 7.36. The van der Waals surface area contributed by atoms with Gasteiger partial charge in [-0.3, -0.25) is 0 Å². The van der Waals surface area contributed by atoms with E-state index in [1.54, 1.807) is 0 Å². The zero-order valence-corrected chi connectivity index (χ0v) is 11.6. The summed E-state index contributed by atoms with van der Waals surface area (Å²) in [4.78, 5) is 18.2. The molecule has 0 radical (unpaired) electrons. The molecule has 12 heavy (non-hydrogen) atoms. The van der Waals surface area contributed by atoms with Gasteiger partial charge in [0.25, 0.3) is 0 Å². The first-order chi connectivity index (χ1) is 4.37. The van der Waals surface area contributed by atoms with Crippen molar-refractivity contribution in [3.05, 3.63) is 0 Å². The van der Waals surface area contributed by atoms with E-state index in [1.807, 2.05) is 0 Å². The molecule has 0 aliphatic rings. The molecule has 1 N–H and O–H groups in total. The van der Waals surface area contributed by atoms with Crippen molar-refractivity contribution in [1.82, 2.24) is 0 Å². The molecule has 60 valence electrons. The van der Waals surface area contributed by atoms with Gasteiger partial charge in [0.2, 0.25) is 0 Å². The fourth-order valence-electron chi connectivity index (χ4n) is 0. The quantitative estimate of drug-likeness (QED) is 0.435. The van der Waals surface area contributed by atoms with E-state index in [-0.39, 0.29) is 67.3 Å². The molecule has 0 aromatic carbocycles. The first-order valence-corrected chi connectivity index (χ1v) is 2.44. The first-order valence-electron chi connectivity index (χ1n) is 2.44. The van der Waals surface area contributed by atoms with E-state index >= 15 is 0 Å². The second-order valence-electron chi connectivity index (χ2n) is 1.49. The minimum Gasteiger partial charge on any atom is -0.550 e. The van der Waals surface area contributed by atoms with Crippen LogP contribution in [0.3, 0.4) is 0 Å². The molecule has 0 heterocycles. The molecule has 0 aromatic heterocycles. The van der Waals surface area contributed by atoms with Crippen LogP contribution < -0.4 is 39.8 Å². The number of aliphatic hydroxyl groups is 1. The number of hydrogen-bond acceptors (Lipinski definition) is 5. The van der Waals surface area contributed by atoms with Crippen LogP contribution in [0, 0.1) is 0 Å². The molecular weight excluding hydrogens is 203 g/mol. The number of carboxylic acid groups (broad SMARTS) is 2. The van der Waals surface area contributed by atoms with Gasteiger partial charge >= 0.3 is 67.3 Å². The zero-order chi connectivity index (χ0) is 8.73. The summed E-state index contributed by atoms with van der Waals surface area (Å²) in [6.45, 7) is 2.11. The van der Waals surface area contributed by atoms with E-state index in [4.69, 9.17) is 15.0 Å². The normalized spacial score (nSPS) is 8.92. The fourth-order valence-corrected chi connectivity index (χ4v) is 0. The van der Waals surface area contributed by atoms with Crippen molar-refractivity contribution < 1.29 is 54.5 Å². The van der Waals surface area contributed by atoms with Gasteiger partial charge in [0, 0.05) is 5.97 Å². The Morgan fingerprint density at radius 1 is 1.33 bits per heavy atom. The summed E-state index contributed by atoms with van der Waals surface area (Å²) in [5.74, 6) is -2.52. The van der Waals surface area contributed by atoms with Crippen LogP contribution in [-0.2, 0) is 9.59 Å². The SMILES string of the molecule is CC(=O)[O-].CC(O)C(=O)[O-].[Ca+2].[Na+]. The minimum atomic E-state index is -1.44. The monoisotopic (exact) mass is 211 g/mol. The second-order valence-corrected chi connectivity index (χ2v) is 1.49. The van der Waals surface area contributed by atoms with Gasteiger partial charge in [-0.05, 0) is 13.8 Å². The Morgan fingerprint density at radius 3 is 1.42 bits per heavy atom. The number of rotatable bonds is 1. The Bertz CT molecular complexity index is 123. The third-order valence-corrected chi connectivity index (χ3v) is 0.341. The molecule has 0 aliphatic carbocycles. The smallest absolute Gasteiger partial charge is 0.550 e. The van der Waals surface area contributed by atoms with Crippen LogP contribution in [0.4, 0.5) is 0 Å². The van der Waals surface area contributed by atoms with Crippen molar-refractivity contribution in [2.45, 2.75) is 20.0 Å². The van der Waals surface area contributed by atoms with Crippen molar-refractivity contribution in [3.63, 3.8) is 0 Å². The summed E-state index contributed by atoms with van der Waals surface area (Å²) < 4.78 is 0. The molecule has 1 atom stereocenters. The minimum absolute atomic E-state index is 0. The summed E-state index contributed by atoms with van der Waals surface area (Å²) in [5.41, 5.74) is 0. The Hall–Kier alpha value is 1.16. The van der Waals surface area contributed by atoms with Gasteiger partial charge in [-0.2, -0.15) is 0 Å². The molecule has 0 amide bonds. The number of carbonyl (C=O) groups excluding carboxylic acids is 2. The third-order valence-electron chi connectivity index (χ3n) is 0.341. The maximum Gasteiger partial charge on any atom is 2.00 e. The van der Waals surface area contributed by atoms with Crippen molar-refractivity contribution in [3.8, 4) is 0 Å². The molecule has 0 spiro atoms. The summed E-state index contributed by atoms with van der Waals surface area (Å²) in [6, 6.07) is 0. The van der Waals surface area contributed by atoms with Gasteiger partial charge in [0.1, 0.15) is 0 Å². The Kier molecular flexibility index (Phi) is 28.4. The Balaban J connectivity index is -0.0000000483. The van der Waals surface area contributed by atoms with Crippen LogP contribution >= 0.6 is 0 Å². The van der Waals surface area contributed by atoms with E-state index in [1.165, 1.54) is 0 Å². The third kappa shape index (κ3) is 43.3. The molecule has 0 fully saturated rings. The van der Waals surface area contributed by atoms with Crippen LogP contribution in [0.1, 0.15) is 13.8 Å². The van der Waals surface area contributed by atoms with Gasteiger partial charge in [-0.1, -0.05) is 0 Å². The molecule has 0 saturated heterocycles. The van der Waals surface area contributed by atoms with Crippen LogP contribution in [0.5, 0.6) is 0 Å². The van der Waals surface area contributed by atoms with E-state index in [9.17, 15) is 9.90 Å². The second kappa shape index (κ2) is 14.7. The predicted octanol–water partition coefficient (Wildman–Crippen LogP) is -6.50. The van der Waals surface area contributed by atoms with Gasteiger partial charge < -0.3 is 24.9 Å². The van der Waals surface area contributed by atoms with E-state index in [0.29, 0.717) is 0 Å². The van der Waals surface area contributed by atoms with Gasteiger partial charge in [-0.15, -0.1) is 0 Å². The summed E-state index contributed by atoms with van der Waals surface area (Å²) in [7, 11) is 0. The number of carbonyl (C=O) groups is 2. The largest absolute Gasteiger partial charge is 2.00 e. The maximum absolute atomic E-state index is 9.34. The fraction of sp³-hybridized carbons (Fsp3) is 0.600. The summed E-state index contributed by atoms with van der Waals surface area (Å²) >= 11 is 0. The molecule has 7 heteroatoms. The molecule has 0 rings (SSSR count). The molecule has 0 aromatic rings. The summed E-state index contributed by atoms with van der Waals surface area (Å²) in [5, 5.41) is 26.2. The molecule has 0 aliphatic heterocycles. The number of aliphatic carboxylic acids is 2. The van der Waals surface area contributed by atoms with Gasteiger partial charge in [0.15, 0.2) is 0 Å². The Morgan fingerprint density at radius 2 is 1.42 bits per heavy atom. The standard InChI is InChI=1S/C3H6O3.C2H4O2.Ca.Na/c1-2(4)3(5)6;1-2(3)4;;/h2,4H,1H3,(H,5,6);1H3,(H,3,4);;/q;;+2;+1/p-2. The Labute approximate surface area is 122 Å². The maximum atomic E-state index is 9.34. The predicted molar refractivity (Wildman–Crippen MR) is 33.1 cm³/mol. The van der Waals surface area contributed by atoms with Gasteiger partial charge in [0.05, 0.1) is 12.1 Å². The average molecular weight is 211 g/mol. The van der Waals surface area contributed by atoms with Crippen molar-refractivity contribution in [2.75, 3.05) is 0 Å².